The number of carbonyl (C=O) groups excluding carboxylic acids is 1. The molecule has 1 amide bonds. The molecule has 0 aliphatic heterocycles. The minimum absolute atomic E-state index is 0.113. The van der Waals surface area contributed by atoms with Crippen LogP contribution in [0, 0.1) is 6.92 Å². The molecule has 0 aliphatic carbocycles. The van der Waals surface area contributed by atoms with Gasteiger partial charge in [0.2, 0.25) is 0 Å². The first-order valence-corrected chi connectivity index (χ1v) is 8.31. The minimum Gasteiger partial charge on any atom is -0.461 e. The smallest absolute Gasteiger partial charge is 0.411 e. The molecular formula is C19H15Cl2NO3. The molecule has 0 radical (unpaired) electrons. The Morgan fingerprint density at radius 2 is 1.64 bits per heavy atom. The van der Waals surface area contributed by atoms with E-state index < -0.39 is 6.09 Å². The number of anilines is 1. The molecule has 0 atom stereocenters. The maximum absolute atomic E-state index is 11.9. The van der Waals surface area contributed by atoms with Gasteiger partial charge in [-0.05, 0) is 61.5 Å². The SMILES string of the molecule is Cc1oc(-c2ccc(Cl)cc2)cc1COC(=O)Nc1ccc(Cl)cc1. The number of furan rings is 1. The first-order chi connectivity index (χ1) is 12.0. The van der Waals surface area contributed by atoms with Gasteiger partial charge in [-0.2, -0.15) is 0 Å². The van der Waals surface area contributed by atoms with Crippen molar-refractivity contribution >= 4 is 35.0 Å². The van der Waals surface area contributed by atoms with Crippen molar-refractivity contribution in [3.63, 3.8) is 0 Å². The van der Waals surface area contributed by atoms with E-state index in [9.17, 15) is 4.79 Å². The molecule has 0 bridgehead atoms. The second-order valence-electron chi connectivity index (χ2n) is 5.41. The highest BCUT2D eigenvalue weighted by molar-refractivity contribution is 6.30. The molecule has 6 heteroatoms. The lowest BCUT2D eigenvalue weighted by atomic mass is 10.1. The summed E-state index contributed by atoms with van der Waals surface area (Å²) < 4.78 is 11.0. The summed E-state index contributed by atoms with van der Waals surface area (Å²) in [5, 5.41) is 3.90. The highest BCUT2D eigenvalue weighted by Crippen LogP contribution is 2.27. The van der Waals surface area contributed by atoms with E-state index in [1.54, 1.807) is 36.4 Å². The second-order valence-corrected chi connectivity index (χ2v) is 6.28. The number of hydrogen-bond donors (Lipinski definition) is 1. The van der Waals surface area contributed by atoms with Crippen LogP contribution < -0.4 is 5.32 Å². The van der Waals surface area contributed by atoms with Crippen LogP contribution in [0.15, 0.2) is 59.0 Å². The summed E-state index contributed by atoms with van der Waals surface area (Å²) >= 11 is 11.7. The van der Waals surface area contributed by atoms with Crippen molar-refractivity contribution in [1.82, 2.24) is 0 Å². The average Bonchev–Trinajstić information content (AvgIpc) is 2.97. The molecule has 3 aromatic rings. The number of ether oxygens (including phenoxy) is 1. The van der Waals surface area contributed by atoms with E-state index in [1.807, 2.05) is 25.1 Å². The lowest BCUT2D eigenvalue weighted by Crippen LogP contribution is -2.13. The van der Waals surface area contributed by atoms with E-state index in [0.29, 0.717) is 27.3 Å². The number of carbonyl (C=O) groups is 1. The van der Waals surface area contributed by atoms with Crippen LogP contribution in [0.1, 0.15) is 11.3 Å². The van der Waals surface area contributed by atoms with Crippen LogP contribution in [0.5, 0.6) is 0 Å². The van der Waals surface area contributed by atoms with Gasteiger partial charge in [0.05, 0.1) is 0 Å². The number of rotatable bonds is 4. The van der Waals surface area contributed by atoms with Crippen LogP contribution in [0.3, 0.4) is 0 Å². The van der Waals surface area contributed by atoms with E-state index in [-0.39, 0.29) is 6.61 Å². The standard InChI is InChI=1S/C19H15Cl2NO3/c1-12-14(10-18(25-12)13-2-4-15(20)5-3-13)11-24-19(23)22-17-8-6-16(21)7-9-17/h2-10H,11H2,1H3,(H,22,23). The topological polar surface area (TPSA) is 51.5 Å². The number of hydrogen-bond acceptors (Lipinski definition) is 3. The van der Waals surface area contributed by atoms with Crippen molar-refractivity contribution < 1.29 is 13.9 Å². The first kappa shape index (κ1) is 17.4. The predicted molar refractivity (Wildman–Crippen MR) is 99.2 cm³/mol. The van der Waals surface area contributed by atoms with Crippen molar-refractivity contribution in [2.45, 2.75) is 13.5 Å². The third-order valence-corrected chi connectivity index (χ3v) is 4.10. The first-order valence-electron chi connectivity index (χ1n) is 7.56. The van der Waals surface area contributed by atoms with Crippen molar-refractivity contribution in [3.05, 3.63) is 76.0 Å². The molecule has 1 heterocycles. The summed E-state index contributed by atoms with van der Waals surface area (Å²) in [6.45, 7) is 1.94. The van der Waals surface area contributed by atoms with E-state index in [0.717, 1.165) is 11.1 Å². The van der Waals surface area contributed by atoms with Gasteiger partial charge in [-0.1, -0.05) is 23.2 Å². The maximum atomic E-state index is 11.9. The number of aryl methyl sites for hydroxylation is 1. The zero-order valence-corrected chi connectivity index (χ0v) is 14.9. The Hall–Kier alpha value is -2.43. The Morgan fingerprint density at radius 3 is 2.28 bits per heavy atom. The van der Waals surface area contributed by atoms with Gasteiger partial charge in [-0.15, -0.1) is 0 Å². The summed E-state index contributed by atoms with van der Waals surface area (Å²) in [5.41, 5.74) is 2.32. The number of nitrogens with one attached hydrogen (secondary N) is 1. The summed E-state index contributed by atoms with van der Waals surface area (Å²) in [6.07, 6.45) is -0.545. The van der Waals surface area contributed by atoms with Gasteiger partial charge in [0, 0.05) is 26.9 Å². The van der Waals surface area contributed by atoms with Gasteiger partial charge >= 0.3 is 6.09 Å². The maximum Gasteiger partial charge on any atom is 0.411 e. The highest BCUT2D eigenvalue weighted by atomic mass is 35.5. The highest BCUT2D eigenvalue weighted by Gasteiger charge is 2.12. The quantitative estimate of drug-likeness (QED) is 0.580. The number of halogens is 2. The third kappa shape index (κ3) is 4.56. The van der Waals surface area contributed by atoms with E-state index in [1.165, 1.54) is 0 Å². The van der Waals surface area contributed by atoms with Gasteiger partial charge in [0.25, 0.3) is 0 Å². The monoisotopic (exact) mass is 375 g/mol. The molecule has 0 saturated heterocycles. The van der Waals surface area contributed by atoms with Crippen LogP contribution in [-0.4, -0.2) is 6.09 Å². The molecular weight excluding hydrogens is 361 g/mol. The largest absolute Gasteiger partial charge is 0.461 e. The normalized spacial score (nSPS) is 10.5. The van der Waals surface area contributed by atoms with Gasteiger partial charge in [0.15, 0.2) is 0 Å². The molecule has 0 saturated carbocycles. The molecule has 1 N–H and O–H groups in total. The Morgan fingerprint density at radius 1 is 1.04 bits per heavy atom. The third-order valence-electron chi connectivity index (χ3n) is 3.60. The van der Waals surface area contributed by atoms with E-state index >= 15 is 0 Å². The van der Waals surface area contributed by atoms with Crippen LogP contribution in [0.4, 0.5) is 10.5 Å². The fourth-order valence-electron chi connectivity index (χ4n) is 2.25. The molecule has 3 rings (SSSR count). The van der Waals surface area contributed by atoms with Crippen molar-refractivity contribution in [3.8, 4) is 11.3 Å². The van der Waals surface area contributed by atoms with E-state index in [2.05, 4.69) is 5.32 Å². The van der Waals surface area contributed by atoms with Crippen LogP contribution in [0.25, 0.3) is 11.3 Å². The van der Waals surface area contributed by atoms with Gasteiger partial charge in [-0.3, -0.25) is 5.32 Å². The Labute approximate surface area is 155 Å². The van der Waals surface area contributed by atoms with Crippen LogP contribution in [-0.2, 0) is 11.3 Å². The summed E-state index contributed by atoms with van der Waals surface area (Å²) in [7, 11) is 0. The molecule has 4 nitrogen and oxygen atoms in total. The number of benzene rings is 2. The van der Waals surface area contributed by atoms with Gasteiger partial charge in [-0.25, -0.2) is 4.79 Å². The summed E-state index contributed by atoms with van der Waals surface area (Å²) in [5.74, 6) is 1.40. The lowest BCUT2D eigenvalue weighted by molar-refractivity contribution is 0.154. The van der Waals surface area contributed by atoms with Gasteiger partial charge in [0.1, 0.15) is 18.1 Å². The Balaban J connectivity index is 1.62. The van der Waals surface area contributed by atoms with Crippen LogP contribution >= 0.6 is 23.2 Å². The van der Waals surface area contributed by atoms with Gasteiger partial charge < -0.3 is 9.15 Å². The number of amides is 1. The second kappa shape index (κ2) is 7.64. The van der Waals surface area contributed by atoms with Crippen molar-refractivity contribution in [1.29, 1.82) is 0 Å². The van der Waals surface area contributed by atoms with Crippen LogP contribution in [0.2, 0.25) is 10.0 Å². The molecule has 2 aromatic carbocycles. The molecule has 0 spiro atoms. The molecule has 0 aliphatic rings. The zero-order chi connectivity index (χ0) is 17.8. The molecule has 25 heavy (non-hydrogen) atoms. The Bertz CT molecular complexity index is 871. The minimum atomic E-state index is -0.545. The summed E-state index contributed by atoms with van der Waals surface area (Å²) in [4.78, 5) is 11.9. The zero-order valence-electron chi connectivity index (χ0n) is 13.4. The fraction of sp³-hybridized carbons (Fsp3) is 0.105. The fourth-order valence-corrected chi connectivity index (χ4v) is 2.50. The molecule has 1 aromatic heterocycles. The van der Waals surface area contributed by atoms with E-state index in [4.69, 9.17) is 32.4 Å². The Kier molecular flexibility index (Phi) is 5.31. The predicted octanol–water partition coefficient (Wildman–Crippen LogP) is 6.31. The average molecular weight is 376 g/mol. The molecule has 0 fully saturated rings. The van der Waals surface area contributed by atoms with Crippen molar-refractivity contribution in [2.75, 3.05) is 5.32 Å². The van der Waals surface area contributed by atoms with Crippen molar-refractivity contribution in [2.24, 2.45) is 0 Å². The lowest BCUT2D eigenvalue weighted by Gasteiger charge is -2.06. The molecule has 128 valence electrons. The summed E-state index contributed by atoms with van der Waals surface area (Å²) in [6, 6.07) is 16.0. The molecule has 0 unspecified atom stereocenters.